The van der Waals surface area contributed by atoms with Crippen molar-refractivity contribution in [3.8, 4) is 0 Å². The summed E-state index contributed by atoms with van der Waals surface area (Å²) in [6.45, 7) is 1.03. The molecule has 1 saturated carbocycles. The predicted octanol–water partition coefficient (Wildman–Crippen LogP) is 1.62. The largest absolute Gasteiger partial charge is 0.325 e. The van der Waals surface area contributed by atoms with E-state index in [9.17, 15) is 23.2 Å². The van der Waals surface area contributed by atoms with Gasteiger partial charge in [0.2, 0.25) is 5.91 Å². The van der Waals surface area contributed by atoms with Gasteiger partial charge in [-0.3, -0.25) is 14.5 Å². The fourth-order valence-corrected chi connectivity index (χ4v) is 2.74. The first-order valence-electron chi connectivity index (χ1n) is 7.21. The second-order valence-electron chi connectivity index (χ2n) is 5.94. The Bertz CT molecular complexity index is 685. The zero-order valence-corrected chi connectivity index (χ0v) is 12.4. The molecule has 1 aliphatic heterocycles. The Morgan fingerprint density at radius 3 is 2.52 bits per heavy atom. The summed E-state index contributed by atoms with van der Waals surface area (Å²) < 4.78 is 27.0. The fraction of sp³-hybridized carbons (Fsp3) is 0.400. The van der Waals surface area contributed by atoms with Gasteiger partial charge >= 0.3 is 6.03 Å². The van der Waals surface area contributed by atoms with Crippen LogP contribution in [0, 0.1) is 17.6 Å². The minimum Gasteiger partial charge on any atom is -0.323 e. The molecule has 0 aromatic heterocycles. The molecule has 1 aliphatic carbocycles. The van der Waals surface area contributed by atoms with E-state index in [1.807, 2.05) is 0 Å². The Kier molecular flexibility index (Phi) is 3.54. The molecular weight excluding hydrogens is 308 g/mol. The van der Waals surface area contributed by atoms with Gasteiger partial charge in [-0.05, 0) is 37.8 Å². The molecule has 23 heavy (non-hydrogen) atoms. The van der Waals surface area contributed by atoms with Crippen LogP contribution in [0.4, 0.5) is 19.3 Å². The SMILES string of the molecule is CC1(C2CC2)NC(=O)N(CC(=O)Nc2c(F)cccc2F)C1=O. The number of nitrogens with one attached hydrogen (secondary N) is 2. The van der Waals surface area contributed by atoms with Gasteiger partial charge in [-0.2, -0.15) is 0 Å². The molecule has 1 atom stereocenters. The van der Waals surface area contributed by atoms with Gasteiger partial charge in [-0.1, -0.05) is 6.07 Å². The van der Waals surface area contributed by atoms with Crippen molar-refractivity contribution in [2.24, 2.45) is 5.92 Å². The number of halogens is 2. The first-order chi connectivity index (χ1) is 10.8. The molecule has 6 nitrogen and oxygen atoms in total. The number of anilines is 1. The Balaban J connectivity index is 1.71. The fourth-order valence-electron chi connectivity index (χ4n) is 2.74. The number of nitrogens with zero attached hydrogens (tertiary/aromatic N) is 1. The number of carbonyl (C=O) groups excluding carboxylic acids is 3. The number of rotatable bonds is 4. The smallest absolute Gasteiger partial charge is 0.323 e. The van der Waals surface area contributed by atoms with Crippen LogP contribution in [0.1, 0.15) is 19.8 Å². The van der Waals surface area contributed by atoms with Crippen LogP contribution in [-0.4, -0.2) is 34.8 Å². The third-order valence-corrected chi connectivity index (χ3v) is 4.22. The Morgan fingerprint density at radius 2 is 1.96 bits per heavy atom. The summed E-state index contributed by atoms with van der Waals surface area (Å²) in [4.78, 5) is 37.0. The van der Waals surface area contributed by atoms with Gasteiger partial charge in [0.05, 0.1) is 0 Å². The molecule has 0 bridgehead atoms. The molecular formula is C15H15F2N3O3. The second kappa shape index (κ2) is 5.29. The van der Waals surface area contributed by atoms with Gasteiger partial charge in [-0.25, -0.2) is 13.6 Å². The summed E-state index contributed by atoms with van der Waals surface area (Å²) in [5.74, 6) is -3.14. The molecule has 4 amide bonds. The van der Waals surface area contributed by atoms with Crippen LogP contribution >= 0.6 is 0 Å². The summed E-state index contributed by atoms with van der Waals surface area (Å²) in [6, 6.07) is 2.49. The molecule has 2 N–H and O–H groups in total. The van der Waals surface area contributed by atoms with Crippen molar-refractivity contribution in [3.05, 3.63) is 29.8 Å². The zero-order valence-electron chi connectivity index (χ0n) is 12.4. The number of imide groups is 1. The van der Waals surface area contributed by atoms with Crippen molar-refractivity contribution in [3.63, 3.8) is 0 Å². The molecule has 122 valence electrons. The highest BCUT2D eigenvalue weighted by Crippen LogP contribution is 2.42. The van der Waals surface area contributed by atoms with E-state index in [-0.39, 0.29) is 5.92 Å². The van der Waals surface area contributed by atoms with Crippen molar-refractivity contribution in [2.45, 2.75) is 25.3 Å². The lowest BCUT2D eigenvalue weighted by Crippen LogP contribution is -2.46. The number of amides is 4. The van der Waals surface area contributed by atoms with Crippen LogP contribution in [0.25, 0.3) is 0 Å². The first-order valence-corrected chi connectivity index (χ1v) is 7.21. The van der Waals surface area contributed by atoms with Gasteiger partial charge in [-0.15, -0.1) is 0 Å². The molecule has 1 aromatic rings. The first kappa shape index (κ1) is 15.4. The average Bonchev–Trinajstić information content (AvgIpc) is 3.30. The van der Waals surface area contributed by atoms with Crippen LogP contribution in [0.5, 0.6) is 0 Å². The Hall–Kier alpha value is -2.51. The van der Waals surface area contributed by atoms with Crippen molar-refractivity contribution in [1.29, 1.82) is 0 Å². The Morgan fingerprint density at radius 1 is 1.35 bits per heavy atom. The number of urea groups is 1. The van der Waals surface area contributed by atoms with Crippen LogP contribution in [0.3, 0.4) is 0 Å². The topological polar surface area (TPSA) is 78.5 Å². The maximum atomic E-state index is 13.5. The van der Waals surface area contributed by atoms with Gasteiger partial charge in [0.1, 0.15) is 29.4 Å². The van der Waals surface area contributed by atoms with E-state index in [0.717, 1.165) is 29.9 Å². The molecule has 0 spiro atoms. The van der Waals surface area contributed by atoms with Crippen molar-refractivity contribution >= 4 is 23.5 Å². The molecule has 2 fully saturated rings. The minimum atomic E-state index is -0.999. The normalized spacial score (nSPS) is 23.9. The maximum Gasteiger partial charge on any atom is 0.325 e. The minimum absolute atomic E-state index is 0.0658. The summed E-state index contributed by atoms with van der Waals surface area (Å²) in [6.07, 6.45) is 1.67. The second-order valence-corrected chi connectivity index (χ2v) is 5.94. The molecule has 1 saturated heterocycles. The van der Waals surface area contributed by atoms with Crippen LogP contribution in [0.2, 0.25) is 0 Å². The van der Waals surface area contributed by atoms with E-state index in [1.165, 1.54) is 6.07 Å². The standard InChI is InChI=1S/C15H15F2N3O3/c1-15(8-5-6-8)13(22)20(14(23)19-15)7-11(21)18-12-9(16)3-2-4-10(12)17/h2-4,8H,5-7H2,1H3,(H,18,21)(H,19,23). The lowest BCUT2D eigenvalue weighted by atomic mass is 9.96. The van der Waals surface area contributed by atoms with Gasteiger partial charge in [0.25, 0.3) is 5.91 Å². The van der Waals surface area contributed by atoms with E-state index in [4.69, 9.17) is 0 Å². The number of benzene rings is 1. The molecule has 3 rings (SSSR count). The molecule has 1 aromatic carbocycles. The highest BCUT2D eigenvalue weighted by Gasteiger charge is 2.56. The molecule has 1 heterocycles. The van der Waals surface area contributed by atoms with Crippen molar-refractivity contribution in [2.75, 3.05) is 11.9 Å². The molecule has 2 aliphatic rings. The quantitative estimate of drug-likeness (QED) is 0.827. The average molecular weight is 323 g/mol. The molecule has 1 unspecified atom stereocenters. The highest BCUT2D eigenvalue weighted by molar-refractivity contribution is 6.10. The van der Waals surface area contributed by atoms with Gasteiger partial charge in [0, 0.05) is 0 Å². The monoisotopic (exact) mass is 323 g/mol. The zero-order chi connectivity index (χ0) is 16.8. The van der Waals surface area contributed by atoms with Crippen LogP contribution < -0.4 is 10.6 Å². The van der Waals surface area contributed by atoms with E-state index in [1.54, 1.807) is 6.92 Å². The van der Waals surface area contributed by atoms with Gasteiger partial charge in [0.15, 0.2) is 0 Å². The third kappa shape index (κ3) is 2.64. The number of carbonyl (C=O) groups is 3. The highest BCUT2D eigenvalue weighted by atomic mass is 19.1. The summed E-state index contributed by atoms with van der Waals surface area (Å²) in [5, 5.41) is 4.65. The number of hydrogen-bond acceptors (Lipinski definition) is 3. The molecule has 8 heteroatoms. The molecule has 0 radical (unpaired) electrons. The summed E-state index contributed by atoms with van der Waals surface area (Å²) in [5.41, 5.74) is -1.60. The Labute approximate surface area is 130 Å². The van der Waals surface area contributed by atoms with E-state index in [2.05, 4.69) is 10.6 Å². The summed E-state index contributed by atoms with van der Waals surface area (Å²) >= 11 is 0. The third-order valence-electron chi connectivity index (χ3n) is 4.22. The van der Waals surface area contributed by atoms with E-state index >= 15 is 0 Å². The number of para-hydroxylation sites is 1. The van der Waals surface area contributed by atoms with Crippen molar-refractivity contribution in [1.82, 2.24) is 10.2 Å². The van der Waals surface area contributed by atoms with Crippen LogP contribution in [0.15, 0.2) is 18.2 Å². The van der Waals surface area contributed by atoms with E-state index in [0.29, 0.717) is 0 Å². The van der Waals surface area contributed by atoms with Gasteiger partial charge < -0.3 is 10.6 Å². The van der Waals surface area contributed by atoms with E-state index < -0.39 is 47.3 Å². The lowest BCUT2D eigenvalue weighted by Gasteiger charge is -2.20. The van der Waals surface area contributed by atoms with Crippen molar-refractivity contribution < 1.29 is 23.2 Å². The number of hydrogen-bond donors (Lipinski definition) is 2. The summed E-state index contributed by atoms with van der Waals surface area (Å²) in [7, 11) is 0. The maximum absolute atomic E-state index is 13.5. The predicted molar refractivity (Wildman–Crippen MR) is 76.4 cm³/mol. The lowest BCUT2D eigenvalue weighted by molar-refractivity contribution is -0.134. The van der Waals surface area contributed by atoms with Crippen LogP contribution in [-0.2, 0) is 9.59 Å².